The van der Waals surface area contributed by atoms with Gasteiger partial charge in [0.2, 0.25) is 5.91 Å². The van der Waals surface area contributed by atoms with Gasteiger partial charge >= 0.3 is 0 Å². The fourth-order valence-corrected chi connectivity index (χ4v) is 3.34. The molecule has 1 fully saturated rings. The van der Waals surface area contributed by atoms with Gasteiger partial charge < -0.3 is 10.6 Å². The van der Waals surface area contributed by atoms with Crippen molar-refractivity contribution in [2.45, 2.75) is 38.9 Å². The number of rotatable bonds is 7. The van der Waals surface area contributed by atoms with E-state index in [1.807, 2.05) is 13.0 Å². The Hall–Kier alpha value is -2.68. The highest BCUT2D eigenvalue weighted by Crippen LogP contribution is 2.16. The Morgan fingerprint density at radius 3 is 2.63 bits per heavy atom. The van der Waals surface area contributed by atoms with Crippen molar-refractivity contribution in [2.75, 3.05) is 18.4 Å². The second kappa shape index (κ2) is 9.31. The number of benzene rings is 2. The number of likely N-dealkylation sites (tertiary alicyclic amines) is 1. The first kappa shape index (κ1) is 19.1. The third kappa shape index (κ3) is 5.40. The van der Waals surface area contributed by atoms with Crippen molar-refractivity contribution in [3.63, 3.8) is 0 Å². The average Bonchev–Trinajstić information content (AvgIpc) is 3.20. The molecule has 2 aromatic rings. The lowest BCUT2D eigenvalue weighted by Gasteiger charge is -2.19. The zero-order chi connectivity index (χ0) is 19.1. The van der Waals surface area contributed by atoms with E-state index in [9.17, 15) is 4.79 Å². The standard InChI is InChI=1S/C22H26N4O/c1-17(22(27)25-21-10-6-7-18(13-21)14-23)24-15-19-8-2-3-9-20(19)16-26-11-4-5-12-26/h2-3,6-10,13,17,24H,4-5,11-12,15-16H2,1H3,(H,25,27). The molecule has 1 aliphatic heterocycles. The molecule has 1 aliphatic rings. The summed E-state index contributed by atoms with van der Waals surface area (Å²) in [5.74, 6) is -0.109. The summed E-state index contributed by atoms with van der Waals surface area (Å²) in [4.78, 5) is 14.9. The molecular weight excluding hydrogens is 336 g/mol. The molecule has 1 amide bonds. The molecule has 0 radical (unpaired) electrons. The molecule has 0 aromatic heterocycles. The lowest BCUT2D eigenvalue weighted by Crippen LogP contribution is -2.37. The van der Waals surface area contributed by atoms with Gasteiger partial charge in [-0.15, -0.1) is 0 Å². The number of carbonyl (C=O) groups is 1. The van der Waals surface area contributed by atoms with Crippen LogP contribution in [0.2, 0.25) is 0 Å². The van der Waals surface area contributed by atoms with Crippen molar-refractivity contribution in [1.82, 2.24) is 10.2 Å². The number of hydrogen-bond donors (Lipinski definition) is 2. The number of amides is 1. The molecule has 3 rings (SSSR count). The Bertz CT molecular complexity index is 821. The lowest BCUT2D eigenvalue weighted by atomic mass is 10.1. The second-order valence-electron chi connectivity index (χ2n) is 7.04. The third-order valence-corrected chi connectivity index (χ3v) is 4.96. The Morgan fingerprint density at radius 2 is 1.89 bits per heavy atom. The van der Waals surface area contributed by atoms with Gasteiger partial charge in [-0.3, -0.25) is 9.69 Å². The maximum absolute atomic E-state index is 12.4. The van der Waals surface area contributed by atoms with E-state index in [0.717, 1.165) is 6.54 Å². The van der Waals surface area contributed by atoms with Gasteiger partial charge in [-0.1, -0.05) is 30.3 Å². The highest BCUT2D eigenvalue weighted by molar-refractivity contribution is 5.94. The summed E-state index contributed by atoms with van der Waals surface area (Å²) in [5, 5.41) is 15.1. The Morgan fingerprint density at radius 1 is 1.15 bits per heavy atom. The molecule has 0 aliphatic carbocycles. The van der Waals surface area contributed by atoms with Crippen LogP contribution in [0.4, 0.5) is 5.69 Å². The first-order chi connectivity index (χ1) is 13.2. The Balaban J connectivity index is 1.56. The van der Waals surface area contributed by atoms with Crippen LogP contribution in [0.3, 0.4) is 0 Å². The summed E-state index contributed by atoms with van der Waals surface area (Å²) in [6.45, 7) is 5.81. The number of nitriles is 1. The maximum atomic E-state index is 12.4. The van der Waals surface area contributed by atoms with Gasteiger partial charge in [0.25, 0.3) is 0 Å². The molecule has 140 valence electrons. The van der Waals surface area contributed by atoms with Crippen molar-refractivity contribution in [2.24, 2.45) is 0 Å². The molecule has 0 bridgehead atoms. The molecule has 1 unspecified atom stereocenters. The fourth-order valence-electron chi connectivity index (χ4n) is 3.34. The van der Waals surface area contributed by atoms with E-state index in [2.05, 4.69) is 39.8 Å². The third-order valence-electron chi connectivity index (χ3n) is 4.96. The maximum Gasteiger partial charge on any atom is 0.241 e. The van der Waals surface area contributed by atoms with Crippen LogP contribution in [0.5, 0.6) is 0 Å². The SMILES string of the molecule is CC(NCc1ccccc1CN1CCCC1)C(=O)Nc1cccc(C#N)c1. The van der Waals surface area contributed by atoms with Gasteiger partial charge in [-0.05, 0) is 62.2 Å². The van der Waals surface area contributed by atoms with Crippen LogP contribution in [-0.2, 0) is 17.9 Å². The molecular formula is C22H26N4O. The first-order valence-electron chi connectivity index (χ1n) is 9.49. The van der Waals surface area contributed by atoms with Crippen molar-refractivity contribution >= 4 is 11.6 Å². The van der Waals surface area contributed by atoms with Gasteiger partial charge in [-0.2, -0.15) is 5.26 Å². The average molecular weight is 362 g/mol. The normalized spacial score (nSPS) is 15.3. The van der Waals surface area contributed by atoms with Crippen LogP contribution in [0, 0.1) is 11.3 Å². The predicted molar refractivity (Wildman–Crippen MR) is 107 cm³/mol. The van der Waals surface area contributed by atoms with Gasteiger partial charge in [-0.25, -0.2) is 0 Å². The number of nitrogens with one attached hydrogen (secondary N) is 2. The molecule has 2 N–H and O–H groups in total. The van der Waals surface area contributed by atoms with Gasteiger partial charge in [0.05, 0.1) is 17.7 Å². The van der Waals surface area contributed by atoms with E-state index >= 15 is 0 Å². The molecule has 5 nitrogen and oxygen atoms in total. The zero-order valence-corrected chi connectivity index (χ0v) is 15.7. The number of hydrogen-bond acceptors (Lipinski definition) is 4. The van der Waals surface area contributed by atoms with E-state index in [1.54, 1.807) is 24.3 Å². The minimum atomic E-state index is -0.337. The summed E-state index contributed by atoms with van der Waals surface area (Å²) in [7, 11) is 0. The van der Waals surface area contributed by atoms with Crippen molar-refractivity contribution < 1.29 is 4.79 Å². The molecule has 2 aromatic carbocycles. The van der Waals surface area contributed by atoms with Crippen molar-refractivity contribution in [1.29, 1.82) is 5.26 Å². The molecule has 1 atom stereocenters. The van der Waals surface area contributed by atoms with Crippen LogP contribution in [0.25, 0.3) is 0 Å². The van der Waals surface area contributed by atoms with Crippen LogP contribution in [-0.4, -0.2) is 29.9 Å². The van der Waals surface area contributed by atoms with E-state index < -0.39 is 0 Å². The Kier molecular flexibility index (Phi) is 6.59. The van der Waals surface area contributed by atoms with E-state index in [1.165, 1.54) is 37.1 Å². The van der Waals surface area contributed by atoms with E-state index in [4.69, 9.17) is 5.26 Å². The van der Waals surface area contributed by atoms with Gasteiger partial charge in [0.15, 0.2) is 0 Å². The monoisotopic (exact) mass is 362 g/mol. The van der Waals surface area contributed by atoms with Crippen molar-refractivity contribution in [3.05, 3.63) is 65.2 Å². The summed E-state index contributed by atoms with van der Waals surface area (Å²) in [5.41, 5.74) is 3.73. The number of carbonyl (C=O) groups excluding carboxylic acids is 1. The second-order valence-corrected chi connectivity index (χ2v) is 7.04. The van der Waals surface area contributed by atoms with Gasteiger partial charge in [0, 0.05) is 18.8 Å². The molecule has 0 spiro atoms. The van der Waals surface area contributed by atoms with Gasteiger partial charge in [0.1, 0.15) is 0 Å². The molecule has 27 heavy (non-hydrogen) atoms. The fraction of sp³-hybridized carbons (Fsp3) is 0.364. The number of anilines is 1. The highest BCUT2D eigenvalue weighted by atomic mass is 16.2. The summed E-state index contributed by atoms with van der Waals surface area (Å²) in [6.07, 6.45) is 2.56. The smallest absolute Gasteiger partial charge is 0.241 e. The van der Waals surface area contributed by atoms with E-state index in [-0.39, 0.29) is 11.9 Å². The summed E-state index contributed by atoms with van der Waals surface area (Å²) >= 11 is 0. The molecule has 0 saturated carbocycles. The van der Waals surface area contributed by atoms with E-state index in [0.29, 0.717) is 17.8 Å². The Labute approximate surface area is 161 Å². The van der Waals surface area contributed by atoms with Crippen LogP contribution < -0.4 is 10.6 Å². The quantitative estimate of drug-likeness (QED) is 0.793. The zero-order valence-electron chi connectivity index (χ0n) is 15.7. The topological polar surface area (TPSA) is 68.2 Å². The largest absolute Gasteiger partial charge is 0.325 e. The van der Waals surface area contributed by atoms with Crippen LogP contribution >= 0.6 is 0 Å². The number of nitrogens with zero attached hydrogens (tertiary/aromatic N) is 2. The minimum Gasteiger partial charge on any atom is -0.325 e. The lowest BCUT2D eigenvalue weighted by molar-refractivity contribution is -0.117. The first-order valence-corrected chi connectivity index (χ1v) is 9.49. The molecule has 1 heterocycles. The minimum absolute atomic E-state index is 0.109. The van der Waals surface area contributed by atoms with Crippen molar-refractivity contribution in [3.8, 4) is 6.07 Å². The molecule has 1 saturated heterocycles. The van der Waals surface area contributed by atoms with Crippen LogP contribution in [0.15, 0.2) is 48.5 Å². The summed E-state index contributed by atoms with van der Waals surface area (Å²) in [6, 6.07) is 17.1. The van der Waals surface area contributed by atoms with Crippen LogP contribution in [0.1, 0.15) is 36.5 Å². The highest BCUT2D eigenvalue weighted by Gasteiger charge is 2.16. The summed E-state index contributed by atoms with van der Waals surface area (Å²) < 4.78 is 0. The molecule has 5 heteroatoms. The predicted octanol–water partition coefficient (Wildman–Crippen LogP) is 3.27.